The summed E-state index contributed by atoms with van der Waals surface area (Å²) in [5.74, 6) is -0.757. The second kappa shape index (κ2) is 6.16. The van der Waals surface area contributed by atoms with Crippen molar-refractivity contribution < 1.29 is 14.4 Å². The molecule has 0 spiro atoms. The molecule has 2 unspecified atom stereocenters. The maximum atomic E-state index is 12.5. The lowest BCUT2D eigenvalue weighted by molar-refractivity contribution is -0.148. The summed E-state index contributed by atoms with van der Waals surface area (Å²) in [5.41, 5.74) is 0. The Morgan fingerprint density at radius 3 is 1.86 bits per heavy atom. The van der Waals surface area contributed by atoms with Gasteiger partial charge in [-0.2, -0.15) is 0 Å². The minimum Gasteiger partial charge on any atom is -0.336 e. The summed E-state index contributed by atoms with van der Waals surface area (Å²) in [7, 11) is 0. The van der Waals surface area contributed by atoms with Crippen LogP contribution in [-0.4, -0.2) is 46.1 Å². The van der Waals surface area contributed by atoms with Crippen molar-refractivity contribution in [3.8, 4) is 0 Å². The van der Waals surface area contributed by atoms with E-state index in [1.807, 2.05) is 27.7 Å². The van der Waals surface area contributed by atoms with Crippen LogP contribution < -0.4 is 0 Å². The molecule has 2 fully saturated rings. The van der Waals surface area contributed by atoms with E-state index >= 15 is 0 Å². The molecule has 0 bridgehead atoms. The third kappa shape index (κ3) is 2.97. The van der Waals surface area contributed by atoms with Crippen molar-refractivity contribution in [3.63, 3.8) is 0 Å². The van der Waals surface area contributed by atoms with Gasteiger partial charge in [0.15, 0.2) is 0 Å². The number of fused-ring (bicyclic) bond motifs is 1. The number of rotatable bonds is 4. The van der Waals surface area contributed by atoms with Gasteiger partial charge in [0.1, 0.15) is 6.54 Å². The molecule has 2 rings (SSSR count). The predicted molar refractivity (Wildman–Crippen MR) is 79.3 cm³/mol. The zero-order valence-corrected chi connectivity index (χ0v) is 13.5. The topological polar surface area (TPSA) is 57.7 Å². The number of hydrogen-bond acceptors (Lipinski definition) is 3. The fourth-order valence-electron chi connectivity index (χ4n) is 3.78. The Morgan fingerprint density at radius 2 is 1.48 bits per heavy atom. The first kappa shape index (κ1) is 16.0. The predicted octanol–water partition coefficient (Wildman–Crippen LogP) is 1.81. The molecular formula is C16H26N2O3. The van der Waals surface area contributed by atoms with Gasteiger partial charge in [0.05, 0.1) is 11.8 Å². The van der Waals surface area contributed by atoms with Gasteiger partial charge in [-0.3, -0.25) is 19.3 Å². The molecule has 5 heteroatoms. The fourth-order valence-corrected chi connectivity index (χ4v) is 3.78. The highest BCUT2D eigenvalue weighted by Gasteiger charge is 2.48. The summed E-state index contributed by atoms with van der Waals surface area (Å²) < 4.78 is 0. The molecule has 1 aliphatic heterocycles. The normalized spacial score (nSPS) is 25.7. The molecule has 1 heterocycles. The van der Waals surface area contributed by atoms with Crippen LogP contribution in [-0.2, 0) is 14.4 Å². The van der Waals surface area contributed by atoms with E-state index in [1.165, 1.54) is 4.90 Å². The van der Waals surface area contributed by atoms with E-state index in [1.54, 1.807) is 4.90 Å². The molecule has 118 valence electrons. The molecule has 1 aliphatic carbocycles. The SMILES string of the molecule is CC(C)N(C(=O)CN1C(=O)C2CCCCC2C1=O)C(C)C. The lowest BCUT2D eigenvalue weighted by Gasteiger charge is -2.32. The number of hydrogen-bond donors (Lipinski definition) is 0. The van der Waals surface area contributed by atoms with Crippen LogP contribution in [0.15, 0.2) is 0 Å². The minimum atomic E-state index is -0.175. The van der Waals surface area contributed by atoms with Gasteiger partial charge in [0.25, 0.3) is 0 Å². The monoisotopic (exact) mass is 294 g/mol. The van der Waals surface area contributed by atoms with Gasteiger partial charge in [-0.25, -0.2) is 0 Å². The van der Waals surface area contributed by atoms with Crippen molar-refractivity contribution in [2.24, 2.45) is 11.8 Å². The molecule has 0 radical (unpaired) electrons. The largest absolute Gasteiger partial charge is 0.336 e. The zero-order valence-electron chi connectivity index (χ0n) is 13.5. The first-order valence-corrected chi connectivity index (χ1v) is 8.01. The fraction of sp³-hybridized carbons (Fsp3) is 0.812. The molecule has 0 aromatic carbocycles. The molecule has 21 heavy (non-hydrogen) atoms. The molecule has 5 nitrogen and oxygen atoms in total. The van der Waals surface area contributed by atoms with Crippen LogP contribution in [0.1, 0.15) is 53.4 Å². The van der Waals surface area contributed by atoms with Crippen LogP contribution in [0.3, 0.4) is 0 Å². The van der Waals surface area contributed by atoms with E-state index in [9.17, 15) is 14.4 Å². The van der Waals surface area contributed by atoms with Gasteiger partial charge in [0, 0.05) is 12.1 Å². The summed E-state index contributed by atoms with van der Waals surface area (Å²) >= 11 is 0. The summed E-state index contributed by atoms with van der Waals surface area (Å²) in [6.45, 7) is 7.70. The van der Waals surface area contributed by atoms with Crippen LogP contribution in [0.25, 0.3) is 0 Å². The van der Waals surface area contributed by atoms with Gasteiger partial charge >= 0.3 is 0 Å². The average molecular weight is 294 g/mol. The molecule has 2 aliphatic rings. The molecule has 0 aromatic heterocycles. The van der Waals surface area contributed by atoms with Crippen LogP contribution >= 0.6 is 0 Å². The van der Waals surface area contributed by atoms with E-state index in [2.05, 4.69) is 0 Å². The van der Waals surface area contributed by atoms with Crippen molar-refractivity contribution in [1.82, 2.24) is 9.80 Å². The van der Waals surface area contributed by atoms with Gasteiger partial charge in [0.2, 0.25) is 17.7 Å². The Labute approximate surface area is 126 Å². The van der Waals surface area contributed by atoms with Gasteiger partial charge in [-0.05, 0) is 40.5 Å². The summed E-state index contributed by atoms with van der Waals surface area (Å²) in [4.78, 5) is 40.2. The van der Waals surface area contributed by atoms with E-state index in [0.717, 1.165) is 25.7 Å². The summed E-state index contributed by atoms with van der Waals surface area (Å²) in [5, 5.41) is 0. The first-order valence-electron chi connectivity index (χ1n) is 8.01. The maximum Gasteiger partial charge on any atom is 0.243 e. The lowest BCUT2D eigenvalue weighted by Crippen LogP contribution is -2.48. The number of carbonyl (C=O) groups is 3. The van der Waals surface area contributed by atoms with Crippen molar-refractivity contribution >= 4 is 17.7 Å². The molecule has 2 atom stereocenters. The third-order valence-corrected chi connectivity index (χ3v) is 4.63. The molecule has 0 aromatic rings. The Hall–Kier alpha value is -1.39. The van der Waals surface area contributed by atoms with Crippen molar-refractivity contribution in [1.29, 1.82) is 0 Å². The Kier molecular flexibility index (Phi) is 4.69. The van der Waals surface area contributed by atoms with Crippen LogP contribution in [0.4, 0.5) is 0 Å². The lowest BCUT2D eigenvalue weighted by atomic mass is 9.81. The first-order chi connectivity index (χ1) is 9.84. The number of likely N-dealkylation sites (tertiary alicyclic amines) is 1. The smallest absolute Gasteiger partial charge is 0.243 e. The average Bonchev–Trinajstić information content (AvgIpc) is 2.64. The highest BCUT2D eigenvalue weighted by Crippen LogP contribution is 2.37. The zero-order chi connectivity index (χ0) is 15.7. The van der Waals surface area contributed by atoms with E-state index in [4.69, 9.17) is 0 Å². The summed E-state index contributed by atoms with van der Waals surface area (Å²) in [6.07, 6.45) is 3.59. The molecule has 1 saturated heterocycles. The Morgan fingerprint density at radius 1 is 1.05 bits per heavy atom. The Bertz CT molecular complexity index is 413. The highest BCUT2D eigenvalue weighted by molar-refractivity contribution is 6.07. The van der Waals surface area contributed by atoms with E-state index in [0.29, 0.717) is 0 Å². The second-order valence-electron chi connectivity index (χ2n) is 6.75. The Balaban J connectivity index is 2.10. The quantitative estimate of drug-likeness (QED) is 0.743. The van der Waals surface area contributed by atoms with Crippen molar-refractivity contribution in [3.05, 3.63) is 0 Å². The van der Waals surface area contributed by atoms with E-state index < -0.39 is 0 Å². The minimum absolute atomic E-state index is 0.0626. The van der Waals surface area contributed by atoms with Crippen LogP contribution in [0, 0.1) is 11.8 Å². The number of nitrogens with zero attached hydrogens (tertiary/aromatic N) is 2. The number of amides is 3. The number of carbonyl (C=O) groups excluding carboxylic acids is 3. The maximum absolute atomic E-state index is 12.5. The third-order valence-electron chi connectivity index (χ3n) is 4.63. The number of imide groups is 1. The van der Waals surface area contributed by atoms with Crippen molar-refractivity contribution in [2.75, 3.05) is 6.54 Å². The van der Waals surface area contributed by atoms with Crippen LogP contribution in [0.2, 0.25) is 0 Å². The molecule has 1 saturated carbocycles. The summed E-state index contributed by atoms with van der Waals surface area (Å²) in [6, 6.07) is 0.125. The van der Waals surface area contributed by atoms with Gasteiger partial charge < -0.3 is 4.90 Å². The highest BCUT2D eigenvalue weighted by atomic mass is 16.2. The molecule has 3 amide bonds. The second-order valence-corrected chi connectivity index (χ2v) is 6.75. The van der Waals surface area contributed by atoms with E-state index in [-0.39, 0.29) is 48.2 Å². The molecular weight excluding hydrogens is 268 g/mol. The molecule has 0 N–H and O–H groups in total. The van der Waals surface area contributed by atoms with Crippen LogP contribution in [0.5, 0.6) is 0 Å². The standard InChI is InChI=1S/C16H26N2O3/c1-10(2)18(11(3)4)14(19)9-17-15(20)12-7-5-6-8-13(12)16(17)21/h10-13H,5-9H2,1-4H3. The van der Waals surface area contributed by atoms with Gasteiger partial charge in [-0.15, -0.1) is 0 Å². The van der Waals surface area contributed by atoms with Crippen molar-refractivity contribution in [2.45, 2.75) is 65.5 Å². The van der Waals surface area contributed by atoms with Gasteiger partial charge in [-0.1, -0.05) is 12.8 Å².